The van der Waals surface area contributed by atoms with E-state index in [4.69, 9.17) is 4.74 Å². The summed E-state index contributed by atoms with van der Waals surface area (Å²) >= 11 is 1.52. The Hall–Kier alpha value is -0.710. The summed E-state index contributed by atoms with van der Waals surface area (Å²) in [6.07, 6.45) is 0.185. The van der Waals surface area contributed by atoms with Gasteiger partial charge in [-0.2, -0.15) is 0 Å². The summed E-state index contributed by atoms with van der Waals surface area (Å²) in [7, 11) is 0. The van der Waals surface area contributed by atoms with Crippen molar-refractivity contribution in [1.82, 2.24) is 5.32 Å². The van der Waals surface area contributed by atoms with Crippen LogP contribution < -0.4 is 5.32 Å². The minimum absolute atomic E-state index is 0.107. The third-order valence-corrected chi connectivity index (χ3v) is 3.57. The SMILES string of the molecule is CC(C)(C)NC(=O)CC1SC(C)(C)COC1=O. The Bertz CT molecular complexity index is 320. The van der Waals surface area contributed by atoms with Crippen LogP contribution in [0.25, 0.3) is 0 Å². The molecule has 5 heteroatoms. The van der Waals surface area contributed by atoms with E-state index in [-0.39, 0.29) is 33.8 Å². The molecule has 1 aliphatic rings. The molecule has 1 fully saturated rings. The van der Waals surface area contributed by atoms with Crippen molar-refractivity contribution in [3.05, 3.63) is 0 Å². The van der Waals surface area contributed by atoms with Crippen molar-refractivity contribution >= 4 is 23.6 Å². The minimum atomic E-state index is -0.388. The van der Waals surface area contributed by atoms with E-state index in [1.54, 1.807) is 0 Å². The highest BCUT2D eigenvalue weighted by atomic mass is 32.2. The third-order valence-electron chi connectivity index (χ3n) is 2.17. The van der Waals surface area contributed by atoms with Crippen LogP contribution >= 0.6 is 11.8 Å². The Morgan fingerprint density at radius 1 is 1.53 bits per heavy atom. The first kappa shape index (κ1) is 14.4. The summed E-state index contributed by atoms with van der Waals surface area (Å²) in [5, 5.41) is 2.47. The molecule has 1 amide bonds. The molecule has 1 rings (SSSR count). The van der Waals surface area contributed by atoms with Crippen molar-refractivity contribution in [2.24, 2.45) is 0 Å². The van der Waals surface area contributed by atoms with Gasteiger partial charge in [0.1, 0.15) is 11.9 Å². The number of esters is 1. The molecule has 1 aliphatic heterocycles. The van der Waals surface area contributed by atoms with E-state index >= 15 is 0 Å². The number of carbonyl (C=O) groups excluding carboxylic acids is 2. The fourth-order valence-corrected chi connectivity index (χ4v) is 2.86. The summed E-state index contributed by atoms with van der Waals surface area (Å²) in [5.41, 5.74) is -0.268. The van der Waals surface area contributed by atoms with Crippen LogP contribution in [0.3, 0.4) is 0 Å². The van der Waals surface area contributed by atoms with Crippen LogP contribution in [0.2, 0.25) is 0 Å². The topological polar surface area (TPSA) is 55.4 Å². The molecule has 0 spiro atoms. The lowest BCUT2D eigenvalue weighted by Gasteiger charge is -2.33. The van der Waals surface area contributed by atoms with Gasteiger partial charge in [-0.15, -0.1) is 11.8 Å². The molecule has 1 heterocycles. The molecule has 98 valence electrons. The average molecular weight is 259 g/mol. The fourth-order valence-electron chi connectivity index (χ4n) is 1.57. The first-order valence-electron chi connectivity index (χ1n) is 5.74. The van der Waals surface area contributed by atoms with Gasteiger partial charge in [-0.3, -0.25) is 9.59 Å². The zero-order valence-electron chi connectivity index (χ0n) is 11.1. The number of rotatable bonds is 2. The summed E-state index contributed by atoms with van der Waals surface area (Å²) in [4.78, 5) is 23.3. The molecule has 0 aromatic carbocycles. The molecule has 4 nitrogen and oxygen atoms in total. The van der Waals surface area contributed by atoms with Gasteiger partial charge in [0.2, 0.25) is 5.91 Å². The zero-order chi connectivity index (χ0) is 13.3. The maximum atomic E-state index is 11.8. The van der Waals surface area contributed by atoms with Crippen LogP contribution in [-0.2, 0) is 14.3 Å². The summed E-state index contributed by atoms with van der Waals surface area (Å²) < 4.78 is 4.99. The second-order valence-electron chi connectivity index (χ2n) is 5.98. The molecule has 1 saturated heterocycles. The van der Waals surface area contributed by atoms with Gasteiger partial charge >= 0.3 is 5.97 Å². The van der Waals surface area contributed by atoms with Crippen molar-refractivity contribution in [2.75, 3.05) is 6.61 Å². The zero-order valence-corrected chi connectivity index (χ0v) is 11.9. The van der Waals surface area contributed by atoms with Crippen LogP contribution in [0.5, 0.6) is 0 Å². The third kappa shape index (κ3) is 4.98. The van der Waals surface area contributed by atoms with E-state index in [1.165, 1.54) is 11.8 Å². The minimum Gasteiger partial charge on any atom is -0.463 e. The summed E-state index contributed by atoms with van der Waals surface area (Å²) in [5.74, 6) is -0.386. The first-order valence-corrected chi connectivity index (χ1v) is 6.62. The van der Waals surface area contributed by atoms with E-state index in [0.717, 1.165) is 0 Å². The van der Waals surface area contributed by atoms with E-state index in [0.29, 0.717) is 6.61 Å². The van der Waals surface area contributed by atoms with Crippen LogP contribution in [0.4, 0.5) is 0 Å². The molecular weight excluding hydrogens is 238 g/mol. The maximum Gasteiger partial charge on any atom is 0.319 e. The number of amides is 1. The number of hydrogen-bond acceptors (Lipinski definition) is 4. The van der Waals surface area contributed by atoms with Gasteiger partial charge in [0, 0.05) is 16.7 Å². The Morgan fingerprint density at radius 3 is 2.65 bits per heavy atom. The molecule has 1 N–H and O–H groups in total. The molecule has 17 heavy (non-hydrogen) atoms. The van der Waals surface area contributed by atoms with E-state index in [1.807, 2.05) is 34.6 Å². The highest BCUT2D eigenvalue weighted by Crippen LogP contribution is 2.35. The van der Waals surface area contributed by atoms with E-state index in [9.17, 15) is 9.59 Å². The standard InChI is InChI=1S/C12H21NO3S/c1-11(2,3)13-9(14)6-8-10(15)16-7-12(4,5)17-8/h8H,6-7H2,1-5H3,(H,13,14). The van der Waals surface area contributed by atoms with Crippen LogP contribution in [-0.4, -0.2) is 34.0 Å². The number of hydrogen-bond donors (Lipinski definition) is 1. The molecule has 0 aromatic rings. The summed E-state index contributed by atoms with van der Waals surface area (Å²) in [6.45, 7) is 10.2. The normalized spacial score (nSPS) is 24.1. The van der Waals surface area contributed by atoms with Crippen molar-refractivity contribution in [3.8, 4) is 0 Å². The smallest absolute Gasteiger partial charge is 0.319 e. The average Bonchev–Trinajstić information content (AvgIpc) is 2.07. The quantitative estimate of drug-likeness (QED) is 0.767. The second-order valence-corrected chi connectivity index (χ2v) is 7.89. The van der Waals surface area contributed by atoms with E-state index in [2.05, 4.69) is 5.32 Å². The molecular formula is C12H21NO3S. The van der Waals surface area contributed by atoms with Crippen LogP contribution in [0.15, 0.2) is 0 Å². The molecule has 0 saturated carbocycles. The van der Waals surface area contributed by atoms with Crippen LogP contribution in [0, 0.1) is 0 Å². The molecule has 0 aliphatic carbocycles. The Morgan fingerprint density at radius 2 is 2.12 bits per heavy atom. The fraction of sp³-hybridized carbons (Fsp3) is 0.833. The predicted octanol–water partition coefficient (Wildman–Crippen LogP) is 1.73. The van der Waals surface area contributed by atoms with Crippen molar-refractivity contribution < 1.29 is 14.3 Å². The van der Waals surface area contributed by atoms with Gasteiger partial charge in [0.15, 0.2) is 0 Å². The molecule has 1 unspecified atom stereocenters. The monoisotopic (exact) mass is 259 g/mol. The van der Waals surface area contributed by atoms with Gasteiger partial charge in [0.05, 0.1) is 0 Å². The van der Waals surface area contributed by atoms with Crippen molar-refractivity contribution in [2.45, 2.75) is 56.6 Å². The molecule has 1 atom stereocenters. The Balaban J connectivity index is 2.55. The van der Waals surface area contributed by atoms with Gasteiger partial charge < -0.3 is 10.1 Å². The van der Waals surface area contributed by atoms with Gasteiger partial charge in [-0.05, 0) is 34.6 Å². The number of ether oxygens (including phenoxy) is 1. The number of nitrogens with one attached hydrogen (secondary N) is 1. The number of cyclic esters (lactones) is 1. The van der Waals surface area contributed by atoms with Gasteiger partial charge in [0.25, 0.3) is 0 Å². The Kier molecular flexibility index (Phi) is 4.12. The van der Waals surface area contributed by atoms with E-state index < -0.39 is 0 Å². The molecule has 0 radical (unpaired) electrons. The lowest BCUT2D eigenvalue weighted by molar-refractivity contribution is -0.146. The predicted molar refractivity (Wildman–Crippen MR) is 68.9 cm³/mol. The highest BCUT2D eigenvalue weighted by Gasteiger charge is 2.37. The Labute approximate surface area is 107 Å². The largest absolute Gasteiger partial charge is 0.463 e. The van der Waals surface area contributed by atoms with Gasteiger partial charge in [-0.1, -0.05) is 0 Å². The number of thioether (sulfide) groups is 1. The lowest BCUT2D eigenvalue weighted by atomic mass is 10.1. The van der Waals surface area contributed by atoms with Crippen molar-refractivity contribution in [3.63, 3.8) is 0 Å². The van der Waals surface area contributed by atoms with Crippen molar-refractivity contribution in [1.29, 1.82) is 0 Å². The molecule has 0 aromatic heterocycles. The van der Waals surface area contributed by atoms with Gasteiger partial charge in [-0.25, -0.2) is 0 Å². The summed E-state index contributed by atoms with van der Waals surface area (Å²) in [6, 6.07) is 0. The maximum absolute atomic E-state index is 11.8. The first-order chi connectivity index (χ1) is 7.59. The molecule has 0 bridgehead atoms. The number of carbonyl (C=O) groups is 2. The highest BCUT2D eigenvalue weighted by molar-refractivity contribution is 8.02. The van der Waals surface area contributed by atoms with Crippen LogP contribution in [0.1, 0.15) is 41.0 Å². The second kappa shape index (κ2) is 4.88. The lowest BCUT2D eigenvalue weighted by Crippen LogP contribution is -2.45.